The van der Waals surface area contributed by atoms with E-state index in [4.69, 9.17) is 14.5 Å². The Bertz CT molecular complexity index is 1390. The van der Waals surface area contributed by atoms with E-state index < -0.39 is 0 Å². The minimum atomic E-state index is -0.136. The van der Waals surface area contributed by atoms with Gasteiger partial charge in [0.05, 0.1) is 37.4 Å². The number of carbonyl (C=O) groups excluding carboxylic acids is 1. The molecule has 4 aromatic rings. The number of pyridine rings is 2. The molecule has 4 rings (SSSR count). The van der Waals surface area contributed by atoms with E-state index in [9.17, 15) is 10.1 Å². The maximum absolute atomic E-state index is 12.4. The van der Waals surface area contributed by atoms with E-state index in [1.807, 2.05) is 54.6 Å². The molecule has 1 N–H and O–H groups in total. The molecule has 2 aromatic heterocycles. The Kier molecular flexibility index (Phi) is 8.16. The molecule has 36 heavy (non-hydrogen) atoms. The van der Waals surface area contributed by atoms with E-state index in [0.717, 1.165) is 16.8 Å². The fourth-order valence-electron chi connectivity index (χ4n) is 3.70. The van der Waals surface area contributed by atoms with Crippen LogP contribution in [-0.2, 0) is 4.79 Å². The van der Waals surface area contributed by atoms with Gasteiger partial charge in [-0.1, -0.05) is 42.5 Å². The van der Waals surface area contributed by atoms with Crippen LogP contribution in [0.2, 0.25) is 0 Å². The predicted octanol–water partition coefficient (Wildman–Crippen LogP) is 5.82. The second kappa shape index (κ2) is 11.9. The lowest BCUT2D eigenvalue weighted by Crippen LogP contribution is -2.12. The van der Waals surface area contributed by atoms with Gasteiger partial charge in [-0.05, 0) is 24.3 Å². The summed E-state index contributed by atoms with van der Waals surface area (Å²) in [6, 6.07) is 23.1. The summed E-state index contributed by atoms with van der Waals surface area (Å²) in [5.41, 5.74) is 4.10. The van der Waals surface area contributed by atoms with E-state index in [-0.39, 0.29) is 12.3 Å². The molecular weight excluding hydrogens is 472 g/mol. The van der Waals surface area contributed by atoms with E-state index in [1.165, 1.54) is 11.8 Å². The van der Waals surface area contributed by atoms with Gasteiger partial charge in [0, 0.05) is 35.1 Å². The van der Waals surface area contributed by atoms with Gasteiger partial charge >= 0.3 is 0 Å². The van der Waals surface area contributed by atoms with E-state index in [1.54, 1.807) is 38.7 Å². The molecular formula is C28H24N4O3S. The number of nitrogens with zero attached hydrogens (tertiary/aromatic N) is 3. The quantitative estimate of drug-likeness (QED) is 0.292. The van der Waals surface area contributed by atoms with Crippen LogP contribution in [0.4, 0.5) is 5.69 Å². The van der Waals surface area contributed by atoms with Crippen LogP contribution in [-0.4, -0.2) is 35.8 Å². The number of hydrogen-bond acceptors (Lipinski definition) is 7. The number of thioether (sulfide) groups is 1. The second-order valence-electron chi connectivity index (χ2n) is 7.64. The highest BCUT2D eigenvalue weighted by Crippen LogP contribution is 2.42. The molecule has 8 heteroatoms. The fraction of sp³-hybridized carbons (Fsp3) is 0.143. The minimum absolute atomic E-state index is 0.136. The number of para-hydroxylation sites is 1. The topological polar surface area (TPSA) is 97.1 Å². The van der Waals surface area contributed by atoms with Gasteiger partial charge in [-0.3, -0.25) is 9.78 Å². The fourth-order valence-corrected chi connectivity index (χ4v) is 4.65. The van der Waals surface area contributed by atoms with Crippen LogP contribution in [0.5, 0.6) is 11.5 Å². The number of ether oxygens (including phenoxy) is 2. The Morgan fingerprint density at radius 3 is 2.56 bits per heavy atom. The van der Waals surface area contributed by atoms with E-state index in [2.05, 4.69) is 16.4 Å². The first-order valence-electron chi connectivity index (χ1n) is 11.2. The molecule has 0 unspecified atom stereocenters. The van der Waals surface area contributed by atoms with Crippen LogP contribution in [0.3, 0.4) is 0 Å². The number of nitriles is 1. The largest absolute Gasteiger partial charge is 0.493 e. The van der Waals surface area contributed by atoms with Gasteiger partial charge in [-0.25, -0.2) is 4.98 Å². The van der Waals surface area contributed by atoms with Gasteiger partial charge in [0.15, 0.2) is 11.5 Å². The van der Waals surface area contributed by atoms with Crippen molar-refractivity contribution in [3.63, 3.8) is 0 Å². The van der Waals surface area contributed by atoms with E-state index in [0.29, 0.717) is 39.1 Å². The molecule has 7 nitrogen and oxygen atoms in total. The summed E-state index contributed by atoms with van der Waals surface area (Å²) in [5, 5.41) is 13.5. The monoisotopic (exact) mass is 496 g/mol. The summed E-state index contributed by atoms with van der Waals surface area (Å²) in [5.74, 6) is 1.41. The SMILES string of the molecule is COc1cccc(-c2cc(-c3ccccc3)nc(SCCC(=O)Nc3cccnc3)c2C#N)c1OC. The zero-order valence-corrected chi connectivity index (χ0v) is 20.7. The molecule has 0 fully saturated rings. The molecule has 0 radical (unpaired) electrons. The second-order valence-corrected chi connectivity index (χ2v) is 8.73. The Balaban J connectivity index is 1.70. The zero-order valence-electron chi connectivity index (χ0n) is 19.9. The predicted molar refractivity (Wildman–Crippen MR) is 141 cm³/mol. The molecule has 0 aliphatic rings. The molecule has 0 aliphatic heterocycles. The molecule has 0 bridgehead atoms. The Hall–Kier alpha value is -4.35. The van der Waals surface area contributed by atoms with Crippen molar-refractivity contribution >= 4 is 23.4 Å². The first-order valence-corrected chi connectivity index (χ1v) is 12.2. The van der Waals surface area contributed by atoms with Gasteiger partial charge in [0.1, 0.15) is 11.1 Å². The number of methoxy groups -OCH3 is 2. The first-order chi connectivity index (χ1) is 17.6. The van der Waals surface area contributed by atoms with Crippen molar-refractivity contribution in [1.82, 2.24) is 9.97 Å². The number of carbonyl (C=O) groups is 1. The average Bonchev–Trinajstić information content (AvgIpc) is 2.93. The lowest BCUT2D eigenvalue weighted by molar-refractivity contribution is -0.115. The summed E-state index contributed by atoms with van der Waals surface area (Å²) in [7, 11) is 3.15. The summed E-state index contributed by atoms with van der Waals surface area (Å²) >= 11 is 1.37. The van der Waals surface area contributed by atoms with Crippen LogP contribution in [0.1, 0.15) is 12.0 Å². The van der Waals surface area contributed by atoms with Gasteiger partial charge < -0.3 is 14.8 Å². The highest BCUT2D eigenvalue weighted by atomic mass is 32.2. The Labute approximate surface area is 214 Å². The normalized spacial score (nSPS) is 10.4. The van der Waals surface area contributed by atoms with E-state index >= 15 is 0 Å². The number of aromatic nitrogens is 2. The molecule has 2 heterocycles. The molecule has 0 saturated heterocycles. The minimum Gasteiger partial charge on any atom is -0.493 e. The van der Waals surface area contributed by atoms with Crippen LogP contribution in [0.25, 0.3) is 22.4 Å². The maximum Gasteiger partial charge on any atom is 0.225 e. The first kappa shape index (κ1) is 24.8. The third-order valence-electron chi connectivity index (χ3n) is 5.37. The molecule has 0 spiro atoms. The third kappa shape index (κ3) is 5.65. The molecule has 2 aromatic carbocycles. The Morgan fingerprint density at radius 1 is 1.03 bits per heavy atom. The smallest absolute Gasteiger partial charge is 0.225 e. The summed E-state index contributed by atoms with van der Waals surface area (Å²) in [4.78, 5) is 21.2. The van der Waals surface area contributed by atoms with Crippen molar-refractivity contribution in [1.29, 1.82) is 5.26 Å². The number of anilines is 1. The van der Waals surface area contributed by atoms with Crippen LogP contribution < -0.4 is 14.8 Å². The van der Waals surface area contributed by atoms with Crippen molar-refractivity contribution in [3.8, 4) is 40.0 Å². The zero-order chi connectivity index (χ0) is 25.3. The van der Waals surface area contributed by atoms with Gasteiger partial charge in [0.25, 0.3) is 0 Å². The van der Waals surface area contributed by atoms with Crippen LogP contribution in [0, 0.1) is 11.3 Å². The number of hydrogen-bond donors (Lipinski definition) is 1. The molecule has 0 saturated carbocycles. The van der Waals surface area contributed by atoms with Crippen LogP contribution >= 0.6 is 11.8 Å². The van der Waals surface area contributed by atoms with Crippen LogP contribution in [0.15, 0.2) is 84.1 Å². The number of nitrogens with one attached hydrogen (secondary N) is 1. The van der Waals surface area contributed by atoms with Gasteiger partial charge in [-0.15, -0.1) is 11.8 Å². The molecule has 1 amide bonds. The summed E-state index contributed by atoms with van der Waals surface area (Å²) in [6.45, 7) is 0. The lowest BCUT2D eigenvalue weighted by Gasteiger charge is -2.16. The average molecular weight is 497 g/mol. The van der Waals surface area contributed by atoms with Crippen molar-refractivity contribution in [2.24, 2.45) is 0 Å². The summed E-state index contributed by atoms with van der Waals surface area (Å²) in [6.07, 6.45) is 3.49. The highest BCUT2D eigenvalue weighted by molar-refractivity contribution is 7.99. The molecule has 0 aliphatic carbocycles. The number of amides is 1. The van der Waals surface area contributed by atoms with Gasteiger partial charge in [-0.2, -0.15) is 5.26 Å². The standard InChI is InChI=1S/C28H24N4O3S/c1-34-25-12-6-11-21(27(25)35-2)22-16-24(19-8-4-3-5-9-19)32-28(23(22)17-29)36-15-13-26(33)31-20-10-7-14-30-18-20/h3-12,14,16,18H,13,15H2,1-2H3,(H,31,33). The van der Waals surface area contributed by atoms with Crippen molar-refractivity contribution in [2.75, 3.05) is 25.3 Å². The van der Waals surface area contributed by atoms with Gasteiger partial charge in [0.2, 0.25) is 5.91 Å². The van der Waals surface area contributed by atoms with Crippen molar-refractivity contribution < 1.29 is 14.3 Å². The molecule has 0 atom stereocenters. The third-order valence-corrected chi connectivity index (χ3v) is 6.35. The van der Waals surface area contributed by atoms with Crippen molar-refractivity contribution in [2.45, 2.75) is 11.4 Å². The highest BCUT2D eigenvalue weighted by Gasteiger charge is 2.20. The maximum atomic E-state index is 12.4. The molecule has 180 valence electrons. The Morgan fingerprint density at radius 2 is 1.86 bits per heavy atom. The number of benzene rings is 2. The number of rotatable bonds is 9. The van der Waals surface area contributed by atoms with Crippen molar-refractivity contribution in [3.05, 3.63) is 84.7 Å². The lowest BCUT2D eigenvalue weighted by atomic mass is 9.98. The summed E-state index contributed by atoms with van der Waals surface area (Å²) < 4.78 is 11.1.